The number of fused-ring (bicyclic) bond motifs is 1. The van der Waals surface area contributed by atoms with Gasteiger partial charge in [-0.2, -0.15) is 0 Å². The summed E-state index contributed by atoms with van der Waals surface area (Å²) in [5, 5.41) is 24.1. The zero-order valence-corrected chi connectivity index (χ0v) is 16.9. The van der Waals surface area contributed by atoms with E-state index in [1.807, 2.05) is 13.8 Å². The number of aliphatic hydroxyl groups is 1. The van der Waals surface area contributed by atoms with Crippen LogP contribution in [0.15, 0.2) is 10.6 Å². The van der Waals surface area contributed by atoms with Crippen molar-refractivity contribution in [3.63, 3.8) is 0 Å². The normalized spacial score (nSPS) is 36.0. The van der Waals surface area contributed by atoms with Gasteiger partial charge >= 0.3 is 29.6 Å². The molecule has 3 rings (SSSR count). The summed E-state index contributed by atoms with van der Waals surface area (Å²) in [7, 11) is 0. The summed E-state index contributed by atoms with van der Waals surface area (Å²) < 4.78 is 0. The molecular weight excluding hydrogens is 343 g/mol. The molecule has 0 unspecified atom stereocenters. The summed E-state index contributed by atoms with van der Waals surface area (Å²) in [6.07, 6.45) is -0.506. The number of thioether (sulfide) groups is 1. The van der Waals surface area contributed by atoms with Crippen molar-refractivity contribution in [2.45, 2.75) is 50.6 Å². The van der Waals surface area contributed by atoms with Crippen molar-refractivity contribution in [3.05, 3.63) is 10.6 Å². The fraction of sp³-hybridized carbons (Fsp3) is 0.667. The molecule has 0 aromatic carbocycles. The Bertz CT molecular complexity index is 623. The van der Waals surface area contributed by atoms with Gasteiger partial charge in [0.15, 0.2) is 0 Å². The molecule has 2 N–H and O–H groups in total. The first-order chi connectivity index (χ1) is 10.7. The minimum Gasteiger partial charge on any atom is -0.543 e. The maximum absolute atomic E-state index is 12.2. The average Bonchev–Trinajstić information content (AvgIpc) is 2.87. The van der Waals surface area contributed by atoms with Crippen LogP contribution in [0.2, 0.25) is 0 Å². The van der Waals surface area contributed by atoms with Gasteiger partial charge in [-0.05, 0) is 13.8 Å². The van der Waals surface area contributed by atoms with E-state index in [9.17, 15) is 24.6 Å². The van der Waals surface area contributed by atoms with E-state index in [4.69, 9.17) is 0 Å². The van der Waals surface area contributed by atoms with E-state index in [1.54, 1.807) is 0 Å². The predicted molar refractivity (Wildman–Crippen MR) is 80.6 cm³/mol. The van der Waals surface area contributed by atoms with Gasteiger partial charge in [-0.25, -0.2) is 0 Å². The van der Waals surface area contributed by atoms with Gasteiger partial charge in [-0.1, -0.05) is 6.92 Å². The molecule has 0 aromatic rings. The average molecular weight is 362 g/mol. The summed E-state index contributed by atoms with van der Waals surface area (Å²) in [5.74, 6) is -2.60. The number of nitrogens with zero attached hydrogens (tertiary/aromatic N) is 1. The number of aliphatic hydroxyl groups excluding tert-OH is 1. The molecule has 126 valence electrons. The molecule has 0 bridgehead atoms. The van der Waals surface area contributed by atoms with Crippen molar-refractivity contribution in [2.75, 3.05) is 0 Å². The first kappa shape index (κ1) is 19.8. The van der Waals surface area contributed by atoms with E-state index >= 15 is 0 Å². The number of rotatable bonds is 4. The van der Waals surface area contributed by atoms with Crippen LogP contribution in [0.5, 0.6) is 0 Å². The van der Waals surface area contributed by atoms with E-state index in [-0.39, 0.29) is 70.3 Å². The Morgan fingerprint density at radius 1 is 1.42 bits per heavy atom. The Labute approximate surface area is 166 Å². The van der Waals surface area contributed by atoms with Crippen molar-refractivity contribution in [2.24, 2.45) is 11.8 Å². The second-order valence-electron chi connectivity index (χ2n) is 6.47. The summed E-state index contributed by atoms with van der Waals surface area (Å²) in [6, 6.07) is -0.412. The first-order valence-corrected chi connectivity index (χ1v) is 8.54. The minimum absolute atomic E-state index is 0. The summed E-state index contributed by atoms with van der Waals surface area (Å²) in [4.78, 5) is 37.1. The number of β-lactam (4-membered cyclic amide) rings is 1. The zero-order valence-electron chi connectivity index (χ0n) is 14.1. The molecule has 24 heavy (non-hydrogen) atoms. The smallest absolute Gasteiger partial charge is 0.543 e. The van der Waals surface area contributed by atoms with Crippen LogP contribution < -0.4 is 40.0 Å². The topological polar surface area (TPSA) is 110 Å². The van der Waals surface area contributed by atoms with Crippen molar-refractivity contribution in [1.82, 2.24) is 10.2 Å². The van der Waals surface area contributed by atoms with E-state index in [1.165, 1.54) is 23.6 Å². The van der Waals surface area contributed by atoms with Crippen molar-refractivity contribution in [1.29, 1.82) is 0 Å². The number of aliphatic carboxylic acids is 1. The Hall–Kier alpha value is -0.540. The molecular formula is C15H19N2NaO5S. The van der Waals surface area contributed by atoms with Gasteiger partial charge in [0, 0.05) is 28.5 Å². The third-order valence-corrected chi connectivity index (χ3v) is 6.61. The Morgan fingerprint density at radius 3 is 2.50 bits per heavy atom. The number of carbonyl (C=O) groups excluding carboxylic acids is 3. The van der Waals surface area contributed by atoms with Gasteiger partial charge in [-0.3, -0.25) is 9.59 Å². The standard InChI is InChI=1S/C15H20N2O5S.Na/c1-5-11-10(7(3)18)14(20)17(11)12(15(21)22)13(5)23-8-4-9(19)16-6(8)2;/h5-8,10-11,18H,4H2,1-3H3,(H,16,19)(H,21,22);/q;+1/p-1/t5-,6+,7-,8-,10-,11-;/m1./s1. The predicted octanol–water partition coefficient (Wildman–Crippen LogP) is -4.18. The van der Waals surface area contributed by atoms with Crippen molar-refractivity contribution < 1.29 is 54.2 Å². The molecule has 3 heterocycles. The van der Waals surface area contributed by atoms with Crippen LogP contribution in [-0.2, 0) is 14.4 Å². The number of carboxylic acid groups (broad SMARTS) is 1. The SMILES string of the molecule is C[C@@H]1NC(=O)C[C@H]1SC1=C(C(=O)[O-])N2C(=O)[C@H]([C@@H](C)O)[C@H]2[C@H]1C.[Na+]. The van der Waals surface area contributed by atoms with E-state index < -0.39 is 18.0 Å². The molecule has 0 aliphatic carbocycles. The minimum atomic E-state index is -1.39. The van der Waals surface area contributed by atoms with Gasteiger partial charge in [0.25, 0.3) is 0 Å². The van der Waals surface area contributed by atoms with Crippen LogP contribution in [-0.4, -0.2) is 51.2 Å². The molecule has 9 heteroatoms. The van der Waals surface area contributed by atoms with Crippen molar-refractivity contribution in [3.8, 4) is 0 Å². The van der Waals surface area contributed by atoms with Gasteiger partial charge in [-0.15, -0.1) is 11.8 Å². The fourth-order valence-electron chi connectivity index (χ4n) is 3.74. The van der Waals surface area contributed by atoms with Gasteiger partial charge < -0.3 is 25.2 Å². The molecule has 0 aromatic heterocycles. The third-order valence-electron chi connectivity index (χ3n) is 4.91. The maximum atomic E-state index is 12.2. The van der Waals surface area contributed by atoms with Crippen LogP contribution in [0.25, 0.3) is 0 Å². The van der Waals surface area contributed by atoms with Crippen LogP contribution in [0.1, 0.15) is 27.2 Å². The molecule has 0 spiro atoms. The number of hydrogen-bond donors (Lipinski definition) is 2. The largest absolute Gasteiger partial charge is 1.00 e. The molecule has 6 atom stereocenters. The van der Waals surface area contributed by atoms with Crippen molar-refractivity contribution >= 4 is 29.5 Å². The molecule has 3 aliphatic heterocycles. The van der Waals surface area contributed by atoms with E-state index in [0.717, 1.165) is 0 Å². The molecule has 2 fully saturated rings. The Morgan fingerprint density at radius 2 is 2.04 bits per heavy atom. The van der Waals surface area contributed by atoms with Crippen LogP contribution in [0.3, 0.4) is 0 Å². The number of hydrogen-bond acceptors (Lipinski definition) is 6. The van der Waals surface area contributed by atoms with Gasteiger partial charge in [0.1, 0.15) is 0 Å². The van der Waals surface area contributed by atoms with E-state index in [2.05, 4.69) is 5.32 Å². The molecule has 0 radical (unpaired) electrons. The van der Waals surface area contributed by atoms with Crippen LogP contribution in [0, 0.1) is 11.8 Å². The second-order valence-corrected chi connectivity index (χ2v) is 7.75. The van der Waals surface area contributed by atoms with Crippen LogP contribution >= 0.6 is 11.8 Å². The first-order valence-electron chi connectivity index (χ1n) is 7.66. The Kier molecular flexibility index (Phi) is 5.76. The molecule has 3 aliphatic rings. The molecule has 0 saturated carbocycles. The number of amides is 2. The van der Waals surface area contributed by atoms with Gasteiger partial charge in [0.05, 0.1) is 29.7 Å². The summed E-state index contributed by atoms with van der Waals surface area (Å²) in [6.45, 7) is 5.27. The Balaban J connectivity index is 0.00000208. The van der Waals surface area contributed by atoms with Gasteiger partial charge in [0.2, 0.25) is 11.8 Å². The summed E-state index contributed by atoms with van der Waals surface area (Å²) >= 11 is 1.33. The molecule has 7 nitrogen and oxygen atoms in total. The molecule has 2 amide bonds. The second kappa shape index (κ2) is 6.99. The number of nitrogens with one attached hydrogen (secondary N) is 1. The molecule has 2 saturated heterocycles. The quantitative estimate of drug-likeness (QED) is 0.388. The maximum Gasteiger partial charge on any atom is 1.00 e. The zero-order chi connectivity index (χ0) is 17.0. The monoisotopic (exact) mass is 362 g/mol. The fourth-order valence-corrected chi connectivity index (χ4v) is 5.22. The number of carboxylic acids is 1. The van der Waals surface area contributed by atoms with E-state index in [0.29, 0.717) is 11.3 Å². The third kappa shape index (κ3) is 2.92. The van der Waals surface area contributed by atoms with Crippen LogP contribution in [0.4, 0.5) is 0 Å². The number of carbonyl (C=O) groups is 3. The summed E-state index contributed by atoms with van der Waals surface area (Å²) in [5.41, 5.74) is -0.0963.